The Morgan fingerprint density at radius 3 is 2.53 bits per heavy atom. The SMILES string of the molecule is CC(=O)CNC(=O)c1ccc(Cl)cc1Cl. The maximum atomic E-state index is 11.5. The normalized spacial score (nSPS) is 9.80. The highest BCUT2D eigenvalue weighted by molar-refractivity contribution is 6.36. The van der Waals surface area contributed by atoms with Crippen LogP contribution in [-0.2, 0) is 4.79 Å². The predicted octanol–water partition coefficient (Wildman–Crippen LogP) is 2.31. The van der Waals surface area contributed by atoms with Crippen LogP contribution in [0.2, 0.25) is 10.0 Å². The zero-order valence-electron chi connectivity index (χ0n) is 8.01. The van der Waals surface area contributed by atoms with Gasteiger partial charge in [0.05, 0.1) is 17.1 Å². The molecule has 0 saturated heterocycles. The third-order valence-corrected chi connectivity index (χ3v) is 2.22. The van der Waals surface area contributed by atoms with Gasteiger partial charge in [0.15, 0.2) is 0 Å². The largest absolute Gasteiger partial charge is 0.345 e. The lowest BCUT2D eigenvalue weighted by molar-refractivity contribution is -0.116. The fourth-order valence-electron chi connectivity index (χ4n) is 0.974. The summed E-state index contributed by atoms with van der Waals surface area (Å²) in [5.74, 6) is -0.500. The van der Waals surface area contributed by atoms with Crippen LogP contribution in [0, 0.1) is 0 Å². The molecular formula is C10H9Cl2NO2. The molecule has 0 atom stereocenters. The predicted molar refractivity (Wildman–Crippen MR) is 59.5 cm³/mol. The van der Waals surface area contributed by atoms with E-state index in [9.17, 15) is 9.59 Å². The average molecular weight is 246 g/mol. The minimum atomic E-state index is -0.383. The summed E-state index contributed by atoms with van der Waals surface area (Å²) in [5.41, 5.74) is 0.308. The molecule has 1 rings (SSSR count). The van der Waals surface area contributed by atoms with Gasteiger partial charge < -0.3 is 5.32 Å². The maximum absolute atomic E-state index is 11.5. The van der Waals surface area contributed by atoms with Crippen molar-refractivity contribution >= 4 is 34.9 Å². The molecule has 0 radical (unpaired) electrons. The minimum Gasteiger partial charge on any atom is -0.345 e. The van der Waals surface area contributed by atoms with E-state index in [1.54, 1.807) is 6.07 Å². The number of carbonyl (C=O) groups is 2. The van der Waals surface area contributed by atoms with Crippen molar-refractivity contribution in [3.05, 3.63) is 33.8 Å². The highest BCUT2D eigenvalue weighted by Gasteiger charge is 2.10. The molecule has 1 aromatic rings. The third kappa shape index (κ3) is 3.53. The summed E-state index contributed by atoms with van der Waals surface area (Å²) in [7, 11) is 0. The number of benzene rings is 1. The van der Waals surface area contributed by atoms with Gasteiger partial charge >= 0.3 is 0 Å². The van der Waals surface area contributed by atoms with Gasteiger partial charge in [0, 0.05) is 5.02 Å². The molecule has 3 nitrogen and oxygen atoms in total. The Bertz CT molecular complexity index is 404. The molecule has 0 heterocycles. The van der Waals surface area contributed by atoms with E-state index in [0.717, 1.165) is 0 Å². The fraction of sp³-hybridized carbons (Fsp3) is 0.200. The van der Waals surface area contributed by atoms with Gasteiger partial charge in [-0.3, -0.25) is 9.59 Å². The van der Waals surface area contributed by atoms with Crippen LogP contribution < -0.4 is 5.32 Å². The van der Waals surface area contributed by atoms with Crippen molar-refractivity contribution in [1.29, 1.82) is 0 Å². The summed E-state index contributed by atoms with van der Waals surface area (Å²) in [5, 5.41) is 3.17. The molecule has 0 saturated carbocycles. The standard InChI is InChI=1S/C10H9Cl2NO2/c1-6(14)5-13-10(15)8-3-2-7(11)4-9(8)12/h2-4H,5H2,1H3,(H,13,15). The first-order valence-electron chi connectivity index (χ1n) is 4.23. The fourth-order valence-corrected chi connectivity index (χ4v) is 1.47. The summed E-state index contributed by atoms with van der Waals surface area (Å²) in [6, 6.07) is 4.56. The molecular weight excluding hydrogens is 237 g/mol. The van der Waals surface area contributed by atoms with Crippen LogP contribution >= 0.6 is 23.2 Å². The van der Waals surface area contributed by atoms with Crippen LogP contribution in [0.15, 0.2) is 18.2 Å². The zero-order chi connectivity index (χ0) is 11.4. The Balaban J connectivity index is 2.78. The Morgan fingerprint density at radius 2 is 2.00 bits per heavy atom. The number of Topliss-reactive ketones (excluding diaryl/α,β-unsaturated/α-hetero) is 1. The Hall–Kier alpha value is -1.06. The molecule has 0 unspecified atom stereocenters. The van der Waals surface area contributed by atoms with E-state index >= 15 is 0 Å². The van der Waals surface area contributed by atoms with Gasteiger partial charge in [0.2, 0.25) is 0 Å². The van der Waals surface area contributed by atoms with Crippen LogP contribution in [0.25, 0.3) is 0 Å². The van der Waals surface area contributed by atoms with Gasteiger partial charge in [-0.1, -0.05) is 23.2 Å². The maximum Gasteiger partial charge on any atom is 0.253 e. The number of hydrogen-bond acceptors (Lipinski definition) is 2. The van der Waals surface area contributed by atoms with Gasteiger partial charge in [0.1, 0.15) is 5.78 Å². The zero-order valence-corrected chi connectivity index (χ0v) is 9.52. The number of rotatable bonds is 3. The molecule has 0 bridgehead atoms. The second-order valence-corrected chi connectivity index (χ2v) is 3.85. The van der Waals surface area contributed by atoms with Crippen molar-refractivity contribution in [2.75, 3.05) is 6.54 Å². The number of carbonyl (C=O) groups excluding carboxylic acids is 2. The van der Waals surface area contributed by atoms with E-state index in [0.29, 0.717) is 10.6 Å². The first-order valence-corrected chi connectivity index (χ1v) is 4.99. The van der Waals surface area contributed by atoms with Crippen LogP contribution in [-0.4, -0.2) is 18.2 Å². The van der Waals surface area contributed by atoms with Crippen molar-refractivity contribution in [3.8, 4) is 0 Å². The minimum absolute atomic E-state index is 0.00219. The van der Waals surface area contributed by atoms with Gasteiger partial charge in [0.25, 0.3) is 5.91 Å². The van der Waals surface area contributed by atoms with Gasteiger partial charge in [-0.2, -0.15) is 0 Å². The van der Waals surface area contributed by atoms with Gasteiger partial charge in [-0.25, -0.2) is 0 Å². The highest BCUT2D eigenvalue weighted by atomic mass is 35.5. The summed E-state index contributed by atoms with van der Waals surface area (Å²) in [6.45, 7) is 1.39. The second-order valence-electron chi connectivity index (χ2n) is 3.01. The summed E-state index contributed by atoms with van der Waals surface area (Å²) in [6.07, 6.45) is 0. The van der Waals surface area contributed by atoms with Crippen molar-refractivity contribution in [1.82, 2.24) is 5.32 Å². The monoisotopic (exact) mass is 245 g/mol. The van der Waals surface area contributed by atoms with E-state index in [4.69, 9.17) is 23.2 Å². The first-order chi connectivity index (χ1) is 7.00. The number of nitrogens with one attached hydrogen (secondary N) is 1. The smallest absolute Gasteiger partial charge is 0.253 e. The number of amides is 1. The summed E-state index contributed by atoms with van der Waals surface area (Å²) < 4.78 is 0. The molecule has 15 heavy (non-hydrogen) atoms. The molecule has 5 heteroatoms. The highest BCUT2D eigenvalue weighted by Crippen LogP contribution is 2.20. The molecule has 0 spiro atoms. The van der Waals surface area contributed by atoms with Crippen LogP contribution in [0.4, 0.5) is 0 Å². The Labute approximate surface area is 97.4 Å². The van der Waals surface area contributed by atoms with Crippen molar-refractivity contribution < 1.29 is 9.59 Å². The quantitative estimate of drug-likeness (QED) is 0.889. The van der Waals surface area contributed by atoms with Crippen molar-refractivity contribution in [3.63, 3.8) is 0 Å². The van der Waals surface area contributed by atoms with Crippen molar-refractivity contribution in [2.45, 2.75) is 6.92 Å². The molecule has 0 aliphatic rings. The summed E-state index contributed by atoms with van der Waals surface area (Å²) in [4.78, 5) is 22.1. The first kappa shape index (κ1) is 12.0. The lowest BCUT2D eigenvalue weighted by atomic mass is 10.2. The van der Waals surface area contributed by atoms with E-state index < -0.39 is 0 Å². The molecule has 0 aliphatic heterocycles. The molecule has 80 valence electrons. The molecule has 1 aromatic carbocycles. The number of hydrogen-bond donors (Lipinski definition) is 1. The lowest BCUT2D eigenvalue weighted by Crippen LogP contribution is -2.28. The topological polar surface area (TPSA) is 46.2 Å². The van der Waals surface area contributed by atoms with Crippen molar-refractivity contribution in [2.24, 2.45) is 0 Å². The Morgan fingerprint density at radius 1 is 1.33 bits per heavy atom. The molecule has 1 amide bonds. The van der Waals surface area contributed by atoms with Crippen LogP contribution in [0.1, 0.15) is 17.3 Å². The van der Waals surface area contributed by atoms with Crippen LogP contribution in [0.5, 0.6) is 0 Å². The average Bonchev–Trinajstić information content (AvgIpc) is 2.14. The lowest BCUT2D eigenvalue weighted by Gasteiger charge is -2.04. The van der Waals surface area contributed by atoms with Gasteiger partial charge in [-0.15, -0.1) is 0 Å². The third-order valence-electron chi connectivity index (χ3n) is 1.67. The summed E-state index contributed by atoms with van der Waals surface area (Å²) >= 11 is 11.5. The Kier molecular flexibility index (Phi) is 4.12. The van der Waals surface area contributed by atoms with E-state index in [2.05, 4.69) is 5.32 Å². The molecule has 0 aromatic heterocycles. The molecule has 0 aliphatic carbocycles. The van der Waals surface area contributed by atoms with Gasteiger partial charge in [-0.05, 0) is 25.1 Å². The van der Waals surface area contributed by atoms with E-state index in [1.807, 2.05) is 0 Å². The number of ketones is 1. The molecule has 0 fully saturated rings. The van der Waals surface area contributed by atoms with E-state index in [1.165, 1.54) is 19.1 Å². The van der Waals surface area contributed by atoms with Crippen LogP contribution in [0.3, 0.4) is 0 Å². The second kappa shape index (κ2) is 5.14. The van der Waals surface area contributed by atoms with E-state index in [-0.39, 0.29) is 23.3 Å². The molecule has 1 N–H and O–H groups in total. The number of halogens is 2.